The number of hydrogen-bond acceptors (Lipinski definition) is 4. The first kappa shape index (κ1) is 15.3. The van der Waals surface area contributed by atoms with E-state index in [-0.39, 0.29) is 0 Å². The monoisotopic (exact) mass is 291 g/mol. The van der Waals surface area contributed by atoms with Crippen LogP contribution in [0.5, 0.6) is 11.6 Å². The van der Waals surface area contributed by atoms with Crippen molar-refractivity contribution in [3.8, 4) is 11.6 Å². The van der Waals surface area contributed by atoms with E-state index < -0.39 is 41.9 Å². The molecule has 4 nitrogen and oxygen atoms in total. The minimum Gasteiger partial charge on any atom is -0.495 e. The molecule has 1 aromatic rings. The quantitative estimate of drug-likeness (QED) is 0.869. The number of alkyl halides is 6. The topological polar surface area (TPSA) is 51.6 Å². The van der Waals surface area contributed by atoms with Gasteiger partial charge in [-0.1, -0.05) is 0 Å². The summed E-state index contributed by atoms with van der Waals surface area (Å²) in [5.41, 5.74) is -2.25. The maximum absolute atomic E-state index is 12.7. The molecule has 1 rings (SSSR count). The van der Waals surface area contributed by atoms with Crippen LogP contribution in [0, 0.1) is 0 Å². The highest BCUT2D eigenvalue weighted by molar-refractivity contribution is 5.47. The lowest BCUT2D eigenvalue weighted by molar-refractivity contribution is -0.278. The Hall–Kier alpha value is -1.71. The summed E-state index contributed by atoms with van der Waals surface area (Å²) in [5.74, 6) is -2.65. The van der Waals surface area contributed by atoms with Crippen molar-refractivity contribution in [2.75, 3.05) is 7.11 Å². The van der Waals surface area contributed by atoms with Gasteiger partial charge in [0.15, 0.2) is 5.56 Å². The zero-order valence-corrected chi connectivity index (χ0v) is 9.26. The minimum absolute atomic E-state index is 0.413. The number of methoxy groups -OCH3 is 1. The highest BCUT2D eigenvalue weighted by atomic mass is 19.4. The Morgan fingerprint density at radius 3 is 2.16 bits per heavy atom. The number of aliphatic hydroxyl groups excluding tert-OH is 1. The molecule has 10 heteroatoms. The normalized spacial score (nSPS) is 12.4. The average Bonchev–Trinajstić information content (AvgIpc) is 2.24. The van der Waals surface area contributed by atoms with E-state index in [2.05, 4.69) is 14.5 Å². The van der Waals surface area contributed by atoms with E-state index >= 15 is 0 Å². The number of hydrogen-bond donors (Lipinski definition) is 1. The Morgan fingerprint density at radius 2 is 1.79 bits per heavy atom. The largest absolute Gasteiger partial charge is 0.574 e. The molecule has 0 atom stereocenters. The molecule has 0 aliphatic rings. The van der Waals surface area contributed by atoms with Gasteiger partial charge in [0, 0.05) is 11.8 Å². The van der Waals surface area contributed by atoms with Crippen LogP contribution in [0.15, 0.2) is 6.20 Å². The second-order valence-electron chi connectivity index (χ2n) is 3.20. The zero-order valence-electron chi connectivity index (χ0n) is 9.26. The van der Waals surface area contributed by atoms with Gasteiger partial charge in [0.25, 0.3) is 0 Å². The first-order valence-electron chi connectivity index (χ1n) is 4.59. The summed E-state index contributed by atoms with van der Waals surface area (Å²) in [6.07, 6.45) is -9.92. The van der Waals surface area contributed by atoms with Crippen molar-refractivity contribution < 1.29 is 40.9 Å². The van der Waals surface area contributed by atoms with Gasteiger partial charge in [-0.05, 0) is 0 Å². The molecule has 0 saturated heterocycles. The van der Waals surface area contributed by atoms with Crippen LogP contribution in [0.3, 0.4) is 0 Å². The molecule has 0 unspecified atom stereocenters. The van der Waals surface area contributed by atoms with Crippen molar-refractivity contribution in [3.05, 3.63) is 17.3 Å². The van der Waals surface area contributed by atoms with Crippen molar-refractivity contribution in [2.45, 2.75) is 19.1 Å². The van der Waals surface area contributed by atoms with Crippen molar-refractivity contribution in [1.29, 1.82) is 0 Å². The van der Waals surface area contributed by atoms with Gasteiger partial charge in [-0.3, -0.25) is 0 Å². The van der Waals surface area contributed by atoms with Gasteiger partial charge in [-0.15, -0.1) is 13.2 Å². The molecule has 0 aliphatic carbocycles. The Labute approximate surface area is 102 Å². The molecule has 1 aromatic heterocycles. The third-order valence-corrected chi connectivity index (χ3v) is 1.94. The van der Waals surface area contributed by atoms with Gasteiger partial charge >= 0.3 is 12.5 Å². The molecule has 19 heavy (non-hydrogen) atoms. The van der Waals surface area contributed by atoms with Crippen LogP contribution in [-0.4, -0.2) is 23.6 Å². The number of aliphatic hydroxyl groups is 1. The highest BCUT2D eigenvalue weighted by Gasteiger charge is 2.44. The van der Waals surface area contributed by atoms with E-state index in [1.54, 1.807) is 0 Å². The van der Waals surface area contributed by atoms with Crippen LogP contribution in [0.25, 0.3) is 0 Å². The van der Waals surface area contributed by atoms with Crippen LogP contribution >= 0.6 is 0 Å². The third kappa shape index (κ3) is 3.63. The Kier molecular flexibility index (Phi) is 4.13. The second-order valence-corrected chi connectivity index (χ2v) is 3.20. The molecular weight excluding hydrogens is 284 g/mol. The fourth-order valence-corrected chi connectivity index (χ4v) is 1.30. The molecule has 0 bridgehead atoms. The van der Waals surface area contributed by atoms with E-state index in [4.69, 9.17) is 5.11 Å². The Bertz CT molecular complexity index is 456. The first-order valence-corrected chi connectivity index (χ1v) is 4.59. The molecular formula is C9H7F6NO3. The first-order chi connectivity index (χ1) is 8.60. The number of halogens is 6. The summed E-state index contributed by atoms with van der Waals surface area (Å²) >= 11 is 0. The Morgan fingerprint density at radius 1 is 1.21 bits per heavy atom. The maximum atomic E-state index is 12.7. The van der Waals surface area contributed by atoms with E-state index in [1.165, 1.54) is 0 Å². The number of rotatable bonds is 3. The fraction of sp³-hybridized carbons (Fsp3) is 0.444. The van der Waals surface area contributed by atoms with Crippen molar-refractivity contribution in [1.82, 2.24) is 4.98 Å². The number of nitrogens with zero attached hydrogens (tertiary/aromatic N) is 1. The second kappa shape index (κ2) is 5.11. The summed E-state index contributed by atoms with van der Waals surface area (Å²) in [6.45, 7) is -0.883. The van der Waals surface area contributed by atoms with Gasteiger partial charge in [-0.2, -0.15) is 13.2 Å². The number of pyridine rings is 1. The SMILES string of the molecule is COc1c(CO)cnc(OC(F)(F)F)c1C(F)(F)F. The van der Waals surface area contributed by atoms with Gasteiger partial charge < -0.3 is 14.6 Å². The number of aromatic nitrogens is 1. The van der Waals surface area contributed by atoms with E-state index in [1.807, 2.05) is 0 Å². The molecule has 0 fully saturated rings. The van der Waals surface area contributed by atoms with E-state index in [9.17, 15) is 26.3 Å². The number of ether oxygens (including phenoxy) is 2. The predicted octanol–water partition coefficient (Wildman–Crippen LogP) is 2.50. The van der Waals surface area contributed by atoms with Crippen LogP contribution in [0.2, 0.25) is 0 Å². The molecule has 108 valence electrons. The molecule has 0 aromatic carbocycles. The lowest BCUT2D eigenvalue weighted by Crippen LogP contribution is -2.22. The zero-order chi connectivity index (χ0) is 14.8. The lowest BCUT2D eigenvalue weighted by atomic mass is 10.1. The van der Waals surface area contributed by atoms with Crippen LogP contribution in [-0.2, 0) is 12.8 Å². The average molecular weight is 291 g/mol. The summed E-state index contributed by atoms with van der Waals surface area (Å²) < 4.78 is 81.8. The van der Waals surface area contributed by atoms with Crippen molar-refractivity contribution in [3.63, 3.8) is 0 Å². The van der Waals surface area contributed by atoms with Crippen LogP contribution in [0.1, 0.15) is 11.1 Å². The molecule has 1 N–H and O–H groups in total. The van der Waals surface area contributed by atoms with Crippen LogP contribution < -0.4 is 9.47 Å². The molecule has 0 radical (unpaired) electrons. The molecule has 0 saturated carbocycles. The van der Waals surface area contributed by atoms with Crippen molar-refractivity contribution >= 4 is 0 Å². The highest BCUT2D eigenvalue weighted by Crippen LogP contribution is 2.44. The van der Waals surface area contributed by atoms with Crippen LogP contribution in [0.4, 0.5) is 26.3 Å². The summed E-state index contributed by atoms with van der Waals surface area (Å²) in [4.78, 5) is 2.91. The minimum atomic E-state index is -5.33. The van der Waals surface area contributed by atoms with Gasteiger partial charge in [0.05, 0.1) is 13.7 Å². The maximum Gasteiger partial charge on any atom is 0.574 e. The summed E-state index contributed by atoms with van der Waals surface area (Å²) in [7, 11) is 0.821. The van der Waals surface area contributed by atoms with E-state index in [0.717, 1.165) is 7.11 Å². The lowest BCUT2D eigenvalue weighted by Gasteiger charge is -2.18. The smallest absolute Gasteiger partial charge is 0.495 e. The summed E-state index contributed by atoms with van der Waals surface area (Å²) in [6, 6.07) is 0. The van der Waals surface area contributed by atoms with Gasteiger partial charge in [-0.25, -0.2) is 4.98 Å². The molecule has 1 heterocycles. The van der Waals surface area contributed by atoms with Gasteiger partial charge in [0.1, 0.15) is 5.75 Å². The Balaban J connectivity index is 3.48. The molecule has 0 amide bonds. The molecule has 0 spiro atoms. The molecule has 0 aliphatic heterocycles. The standard InChI is InChI=1S/C9H7F6NO3/c1-18-6-4(3-17)2-16-7(19-9(13,14)15)5(6)8(10,11)12/h2,17H,3H2,1H3. The summed E-state index contributed by atoms with van der Waals surface area (Å²) in [5, 5.41) is 8.81. The van der Waals surface area contributed by atoms with Crippen molar-refractivity contribution in [2.24, 2.45) is 0 Å². The van der Waals surface area contributed by atoms with Gasteiger partial charge in [0.2, 0.25) is 5.88 Å². The van der Waals surface area contributed by atoms with E-state index in [0.29, 0.717) is 6.20 Å². The predicted molar refractivity (Wildman–Crippen MR) is 48.4 cm³/mol. The fourth-order valence-electron chi connectivity index (χ4n) is 1.30. The third-order valence-electron chi connectivity index (χ3n) is 1.94.